The molecule has 1 aromatic carbocycles. The maximum Gasteiger partial charge on any atom is 0.225 e. The molecule has 1 atom stereocenters. The SMILES string of the molecule is CCNC(=NCC(O)c1cc(OC)cc(OC)c1)NC1CCN(C(=O)C(C)C)CC1. The molecule has 1 aliphatic rings. The summed E-state index contributed by atoms with van der Waals surface area (Å²) in [6.07, 6.45) is 0.965. The van der Waals surface area contributed by atoms with Crippen LogP contribution in [0.15, 0.2) is 23.2 Å². The summed E-state index contributed by atoms with van der Waals surface area (Å²) in [5.74, 6) is 2.16. The van der Waals surface area contributed by atoms with Gasteiger partial charge >= 0.3 is 0 Å². The van der Waals surface area contributed by atoms with Crippen molar-refractivity contribution in [2.75, 3.05) is 40.4 Å². The van der Waals surface area contributed by atoms with Crippen molar-refractivity contribution in [2.24, 2.45) is 10.9 Å². The van der Waals surface area contributed by atoms with E-state index in [9.17, 15) is 9.90 Å². The maximum absolute atomic E-state index is 12.2. The Kier molecular flexibility index (Phi) is 9.23. The number of rotatable bonds is 8. The number of carbonyl (C=O) groups is 1. The van der Waals surface area contributed by atoms with E-state index in [-0.39, 0.29) is 24.4 Å². The van der Waals surface area contributed by atoms with Crippen LogP contribution in [-0.2, 0) is 4.79 Å². The summed E-state index contributed by atoms with van der Waals surface area (Å²) >= 11 is 0. The largest absolute Gasteiger partial charge is 0.497 e. The highest BCUT2D eigenvalue weighted by molar-refractivity contribution is 5.80. The van der Waals surface area contributed by atoms with Crippen molar-refractivity contribution in [3.63, 3.8) is 0 Å². The van der Waals surface area contributed by atoms with Crippen LogP contribution in [0.5, 0.6) is 11.5 Å². The normalized spacial score (nSPS) is 16.4. The van der Waals surface area contributed by atoms with E-state index < -0.39 is 6.10 Å². The van der Waals surface area contributed by atoms with Crippen LogP contribution in [-0.4, -0.2) is 68.3 Å². The Morgan fingerprint density at radius 3 is 2.30 bits per heavy atom. The lowest BCUT2D eigenvalue weighted by atomic mass is 10.0. The van der Waals surface area contributed by atoms with Crippen LogP contribution in [0.25, 0.3) is 0 Å². The van der Waals surface area contributed by atoms with Crippen LogP contribution in [0.2, 0.25) is 0 Å². The van der Waals surface area contributed by atoms with Gasteiger partial charge in [0.05, 0.1) is 26.9 Å². The molecule has 0 bridgehead atoms. The van der Waals surface area contributed by atoms with Crippen LogP contribution in [0, 0.1) is 5.92 Å². The number of methoxy groups -OCH3 is 2. The molecule has 1 aliphatic heterocycles. The van der Waals surface area contributed by atoms with Gasteiger partial charge in [0, 0.05) is 37.7 Å². The zero-order chi connectivity index (χ0) is 22.1. The number of likely N-dealkylation sites (tertiary alicyclic amines) is 1. The third kappa shape index (κ3) is 6.79. The fourth-order valence-corrected chi connectivity index (χ4v) is 3.43. The van der Waals surface area contributed by atoms with Crippen molar-refractivity contribution in [1.82, 2.24) is 15.5 Å². The van der Waals surface area contributed by atoms with Crippen LogP contribution in [0.3, 0.4) is 0 Å². The van der Waals surface area contributed by atoms with Gasteiger partial charge in [0.25, 0.3) is 0 Å². The van der Waals surface area contributed by atoms with E-state index in [1.807, 2.05) is 25.7 Å². The maximum atomic E-state index is 12.2. The number of guanidine groups is 1. The van der Waals surface area contributed by atoms with E-state index in [1.54, 1.807) is 32.4 Å². The summed E-state index contributed by atoms with van der Waals surface area (Å²) < 4.78 is 10.5. The van der Waals surface area contributed by atoms with Crippen LogP contribution < -0.4 is 20.1 Å². The number of hydrogen-bond donors (Lipinski definition) is 3. The van der Waals surface area contributed by atoms with E-state index in [4.69, 9.17) is 9.47 Å². The molecule has 0 spiro atoms. The highest BCUT2D eigenvalue weighted by Gasteiger charge is 2.24. The van der Waals surface area contributed by atoms with Crippen molar-refractivity contribution in [3.8, 4) is 11.5 Å². The number of carbonyl (C=O) groups excluding carboxylic acids is 1. The van der Waals surface area contributed by atoms with Crippen molar-refractivity contribution in [3.05, 3.63) is 23.8 Å². The smallest absolute Gasteiger partial charge is 0.225 e. The number of aliphatic hydroxyl groups excluding tert-OH is 1. The standard InChI is InChI=1S/C22H36N4O4/c1-6-23-22(25-17-7-9-26(10-8-17)21(28)15(2)3)24-14-20(27)16-11-18(29-4)13-19(12-16)30-5/h11-13,15,17,20,27H,6-10,14H2,1-5H3,(H2,23,24,25). The van der Waals surface area contributed by atoms with Gasteiger partial charge in [0.1, 0.15) is 11.5 Å². The number of aliphatic hydroxyl groups is 1. The molecule has 1 amide bonds. The van der Waals surface area contributed by atoms with Crippen molar-refractivity contribution < 1.29 is 19.4 Å². The predicted molar refractivity (Wildman–Crippen MR) is 118 cm³/mol. The van der Waals surface area contributed by atoms with Gasteiger partial charge in [0.15, 0.2) is 5.96 Å². The van der Waals surface area contributed by atoms with Gasteiger partial charge in [-0.1, -0.05) is 13.8 Å². The number of piperidine rings is 1. The molecule has 30 heavy (non-hydrogen) atoms. The first kappa shape index (κ1) is 23.8. The number of benzene rings is 1. The van der Waals surface area contributed by atoms with Gasteiger partial charge in [-0.3, -0.25) is 9.79 Å². The average Bonchev–Trinajstić information content (AvgIpc) is 2.76. The van der Waals surface area contributed by atoms with E-state index in [0.29, 0.717) is 23.0 Å². The first-order chi connectivity index (χ1) is 14.4. The number of nitrogens with zero attached hydrogens (tertiary/aromatic N) is 2. The van der Waals surface area contributed by atoms with Gasteiger partial charge < -0.3 is 30.1 Å². The predicted octanol–water partition coefficient (Wildman–Crippen LogP) is 1.94. The van der Waals surface area contributed by atoms with E-state index in [1.165, 1.54) is 0 Å². The minimum atomic E-state index is -0.782. The third-order valence-electron chi connectivity index (χ3n) is 5.17. The first-order valence-electron chi connectivity index (χ1n) is 10.6. The molecular formula is C22H36N4O4. The first-order valence-corrected chi connectivity index (χ1v) is 10.6. The van der Waals surface area contributed by atoms with E-state index in [0.717, 1.165) is 32.5 Å². The molecule has 8 heteroatoms. The summed E-state index contributed by atoms with van der Waals surface area (Å²) in [5.41, 5.74) is 0.686. The van der Waals surface area contributed by atoms with Gasteiger partial charge in [0.2, 0.25) is 5.91 Å². The minimum absolute atomic E-state index is 0.0325. The fourth-order valence-electron chi connectivity index (χ4n) is 3.43. The van der Waals surface area contributed by atoms with E-state index in [2.05, 4.69) is 15.6 Å². The highest BCUT2D eigenvalue weighted by Crippen LogP contribution is 2.26. The van der Waals surface area contributed by atoms with Crippen LogP contribution >= 0.6 is 0 Å². The monoisotopic (exact) mass is 420 g/mol. The number of aliphatic imine (C=N–C) groups is 1. The molecule has 3 N–H and O–H groups in total. The summed E-state index contributed by atoms with van der Waals surface area (Å²) in [4.78, 5) is 18.7. The van der Waals surface area contributed by atoms with Crippen LogP contribution in [0.1, 0.15) is 45.3 Å². The van der Waals surface area contributed by atoms with Crippen molar-refractivity contribution in [1.29, 1.82) is 0 Å². The second-order valence-corrected chi connectivity index (χ2v) is 7.78. The zero-order valence-corrected chi connectivity index (χ0v) is 18.8. The molecule has 1 saturated heterocycles. The molecule has 8 nitrogen and oxygen atoms in total. The van der Waals surface area contributed by atoms with E-state index >= 15 is 0 Å². The molecule has 0 aromatic heterocycles. The molecular weight excluding hydrogens is 384 g/mol. The number of ether oxygens (including phenoxy) is 2. The Bertz CT molecular complexity index is 693. The molecule has 1 fully saturated rings. The molecule has 1 unspecified atom stereocenters. The third-order valence-corrected chi connectivity index (χ3v) is 5.17. The second-order valence-electron chi connectivity index (χ2n) is 7.78. The topological polar surface area (TPSA) is 95.4 Å². The Hall–Kier alpha value is -2.48. The molecule has 1 heterocycles. The molecule has 1 aromatic rings. The van der Waals surface area contributed by atoms with Crippen molar-refractivity contribution >= 4 is 11.9 Å². The quantitative estimate of drug-likeness (QED) is 0.439. The number of nitrogens with one attached hydrogen (secondary N) is 2. The molecule has 0 aliphatic carbocycles. The minimum Gasteiger partial charge on any atom is -0.497 e. The average molecular weight is 421 g/mol. The Labute approximate surface area is 179 Å². The molecule has 2 rings (SSSR count). The number of amides is 1. The summed E-state index contributed by atoms with van der Waals surface area (Å²) in [5, 5.41) is 17.3. The second kappa shape index (κ2) is 11.6. The summed E-state index contributed by atoms with van der Waals surface area (Å²) in [6.45, 7) is 8.30. The summed E-state index contributed by atoms with van der Waals surface area (Å²) in [7, 11) is 3.16. The number of hydrogen-bond acceptors (Lipinski definition) is 5. The van der Waals surface area contributed by atoms with Crippen LogP contribution in [0.4, 0.5) is 0 Å². The lowest BCUT2D eigenvalue weighted by molar-refractivity contribution is -0.135. The Morgan fingerprint density at radius 2 is 1.80 bits per heavy atom. The lowest BCUT2D eigenvalue weighted by Crippen LogP contribution is -2.50. The Balaban J connectivity index is 1.97. The lowest BCUT2D eigenvalue weighted by Gasteiger charge is -2.34. The summed E-state index contributed by atoms with van der Waals surface area (Å²) in [6, 6.07) is 5.57. The molecule has 0 saturated carbocycles. The Morgan fingerprint density at radius 1 is 1.20 bits per heavy atom. The fraction of sp³-hybridized carbons (Fsp3) is 0.636. The molecule has 0 radical (unpaired) electrons. The molecule has 168 valence electrons. The van der Waals surface area contributed by atoms with Gasteiger partial charge in [-0.15, -0.1) is 0 Å². The van der Waals surface area contributed by atoms with Gasteiger partial charge in [-0.05, 0) is 37.5 Å². The van der Waals surface area contributed by atoms with Gasteiger partial charge in [-0.25, -0.2) is 0 Å². The highest BCUT2D eigenvalue weighted by atomic mass is 16.5. The zero-order valence-electron chi connectivity index (χ0n) is 18.8. The van der Waals surface area contributed by atoms with Gasteiger partial charge in [-0.2, -0.15) is 0 Å². The van der Waals surface area contributed by atoms with Crippen molar-refractivity contribution in [2.45, 2.75) is 45.8 Å².